The molecule has 0 amide bonds. The predicted octanol–water partition coefficient (Wildman–Crippen LogP) is 3.09. The summed E-state index contributed by atoms with van der Waals surface area (Å²) in [6.45, 7) is 4.02. The number of carbonyl (C=O) groups excluding carboxylic acids is 1. The smallest absolute Gasteiger partial charge is 0.205 e. The van der Waals surface area contributed by atoms with E-state index in [1.54, 1.807) is 0 Å². The Morgan fingerprint density at radius 2 is 2.06 bits per heavy atom. The molecule has 1 aliphatic rings. The first kappa shape index (κ1) is 10.7. The topological polar surface area (TPSA) is 30.0 Å². The number of nitrogens with zero attached hydrogens (tertiary/aromatic N) is 1. The van der Waals surface area contributed by atoms with Crippen LogP contribution in [0.15, 0.2) is 18.2 Å². The second-order valence-corrected chi connectivity index (χ2v) is 5.70. The summed E-state index contributed by atoms with van der Waals surface area (Å²) < 4.78 is 0. The number of carbonyl (C=O) groups is 1. The lowest BCUT2D eigenvalue weighted by atomic mass is 10.00. The third-order valence-corrected chi connectivity index (χ3v) is 4.16. The number of hydrogen-bond donors (Lipinski definition) is 0. The van der Waals surface area contributed by atoms with Crippen molar-refractivity contribution in [2.45, 2.75) is 26.7 Å². The first-order valence-corrected chi connectivity index (χ1v) is 6.57. The maximum Gasteiger partial charge on any atom is 0.205 e. The van der Waals surface area contributed by atoms with Crippen LogP contribution in [0.2, 0.25) is 0 Å². The Morgan fingerprint density at radius 1 is 1.24 bits per heavy atom. The minimum absolute atomic E-state index is 0.151. The molecule has 0 saturated carbocycles. The van der Waals surface area contributed by atoms with Crippen LogP contribution in [0.3, 0.4) is 0 Å². The Balaban J connectivity index is 2.19. The molecule has 17 heavy (non-hydrogen) atoms. The number of thiazole rings is 1. The van der Waals surface area contributed by atoms with Crippen LogP contribution in [0.25, 0.3) is 0 Å². The summed E-state index contributed by atoms with van der Waals surface area (Å²) >= 11 is 1.52. The normalized spacial score (nSPS) is 14.1. The lowest BCUT2D eigenvalue weighted by Crippen LogP contribution is -2.01. The Hall–Kier alpha value is -1.48. The van der Waals surface area contributed by atoms with E-state index in [2.05, 4.69) is 18.0 Å². The lowest BCUT2D eigenvalue weighted by molar-refractivity contribution is 0.104. The SMILES string of the molecule is Cc1ccc2c(c1)CCc1nc(C)sc1C2=O. The van der Waals surface area contributed by atoms with E-state index in [-0.39, 0.29) is 5.78 Å². The van der Waals surface area contributed by atoms with E-state index in [0.717, 1.165) is 39.5 Å². The van der Waals surface area contributed by atoms with Gasteiger partial charge in [-0.25, -0.2) is 4.98 Å². The first-order valence-electron chi connectivity index (χ1n) is 5.75. The summed E-state index contributed by atoms with van der Waals surface area (Å²) in [5.41, 5.74) is 4.22. The van der Waals surface area contributed by atoms with Crippen molar-refractivity contribution >= 4 is 17.1 Å². The van der Waals surface area contributed by atoms with Gasteiger partial charge >= 0.3 is 0 Å². The summed E-state index contributed by atoms with van der Waals surface area (Å²) in [6.07, 6.45) is 1.79. The van der Waals surface area contributed by atoms with Crippen molar-refractivity contribution in [2.24, 2.45) is 0 Å². The van der Waals surface area contributed by atoms with Crippen LogP contribution in [0.5, 0.6) is 0 Å². The molecule has 86 valence electrons. The Labute approximate surface area is 104 Å². The minimum Gasteiger partial charge on any atom is -0.288 e. The largest absolute Gasteiger partial charge is 0.288 e. The zero-order valence-electron chi connectivity index (χ0n) is 9.91. The van der Waals surface area contributed by atoms with Gasteiger partial charge in [0.2, 0.25) is 5.78 Å². The fourth-order valence-corrected chi connectivity index (χ4v) is 3.26. The van der Waals surface area contributed by atoms with Gasteiger partial charge in [0, 0.05) is 5.56 Å². The Bertz CT molecular complexity index is 613. The summed E-state index contributed by atoms with van der Waals surface area (Å²) in [5, 5.41) is 0.985. The molecule has 0 aliphatic heterocycles. The number of fused-ring (bicyclic) bond motifs is 2. The van der Waals surface area contributed by atoms with Crippen molar-refractivity contribution in [3.63, 3.8) is 0 Å². The van der Waals surface area contributed by atoms with Crippen LogP contribution in [-0.4, -0.2) is 10.8 Å². The van der Waals surface area contributed by atoms with Gasteiger partial charge in [0.1, 0.15) is 0 Å². The van der Waals surface area contributed by atoms with E-state index in [1.807, 2.05) is 19.1 Å². The molecule has 3 rings (SSSR count). The number of hydrogen-bond acceptors (Lipinski definition) is 3. The van der Waals surface area contributed by atoms with Gasteiger partial charge < -0.3 is 0 Å². The number of aromatic nitrogens is 1. The van der Waals surface area contributed by atoms with Gasteiger partial charge in [0.25, 0.3) is 0 Å². The number of rotatable bonds is 0. The summed E-state index contributed by atoms with van der Waals surface area (Å²) in [5.74, 6) is 0.151. The molecule has 0 saturated heterocycles. The molecule has 0 atom stereocenters. The molecule has 0 radical (unpaired) electrons. The third-order valence-electron chi connectivity index (χ3n) is 3.15. The molecule has 0 N–H and O–H groups in total. The van der Waals surface area contributed by atoms with Gasteiger partial charge in [-0.15, -0.1) is 11.3 Å². The summed E-state index contributed by atoms with van der Waals surface area (Å²) in [7, 11) is 0. The first-order chi connectivity index (χ1) is 8.15. The molecule has 0 bridgehead atoms. The number of ketones is 1. The molecule has 1 aromatic heterocycles. The van der Waals surface area contributed by atoms with Gasteiger partial charge in [0.05, 0.1) is 15.6 Å². The van der Waals surface area contributed by atoms with Gasteiger partial charge in [-0.1, -0.05) is 23.8 Å². The lowest BCUT2D eigenvalue weighted by Gasteiger charge is -2.04. The van der Waals surface area contributed by atoms with Crippen LogP contribution < -0.4 is 0 Å². The monoisotopic (exact) mass is 243 g/mol. The molecular formula is C14H13NOS. The zero-order valence-corrected chi connectivity index (χ0v) is 10.7. The van der Waals surface area contributed by atoms with E-state index in [9.17, 15) is 4.79 Å². The standard InChI is InChI=1S/C14H13NOS/c1-8-3-5-11-10(7-8)4-6-12-14(13(11)16)17-9(2)15-12/h3,5,7H,4,6H2,1-2H3. The molecular weight excluding hydrogens is 230 g/mol. The van der Waals surface area contributed by atoms with Crippen molar-refractivity contribution < 1.29 is 4.79 Å². The molecule has 1 aliphatic carbocycles. The molecule has 1 aromatic carbocycles. The van der Waals surface area contributed by atoms with Crippen molar-refractivity contribution in [1.82, 2.24) is 4.98 Å². The van der Waals surface area contributed by atoms with Crippen LogP contribution in [0.1, 0.15) is 37.1 Å². The second-order valence-electron chi connectivity index (χ2n) is 4.50. The molecule has 0 fully saturated rings. The third kappa shape index (κ3) is 1.71. The highest BCUT2D eigenvalue weighted by Crippen LogP contribution is 2.28. The quantitative estimate of drug-likeness (QED) is 0.711. The van der Waals surface area contributed by atoms with E-state index < -0.39 is 0 Å². The van der Waals surface area contributed by atoms with Crippen molar-refractivity contribution in [1.29, 1.82) is 0 Å². The fourth-order valence-electron chi connectivity index (χ4n) is 2.34. The Kier molecular flexibility index (Phi) is 2.37. The molecule has 0 spiro atoms. The fraction of sp³-hybridized carbons (Fsp3) is 0.286. The zero-order chi connectivity index (χ0) is 12.0. The van der Waals surface area contributed by atoms with Crippen LogP contribution in [0.4, 0.5) is 0 Å². The average molecular weight is 243 g/mol. The average Bonchev–Trinajstić information content (AvgIpc) is 2.62. The number of benzene rings is 1. The predicted molar refractivity (Wildman–Crippen MR) is 68.9 cm³/mol. The molecule has 1 heterocycles. The number of aryl methyl sites for hydroxylation is 4. The highest BCUT2D eigenvalue weighted by atomic mass is 32.1. The van der Waals surface area contributed by atoms with Crippen LogP contribution >= 0.6 is 11.3 Å². The minimum atomic E-state index is 0.151. The maximum absolute atomic E-state index is 12.4. The van der Waals surface area contributed by atoms with Crippen molar-refractivity contribution in [3.8, 4) is 0 Å². The molecule has 2 aromatic rings. The Morgan fingerprint density at radius 3 is 2.88 bits per heavy atom. The van der Waals surface area contributed by atoms with Gasteiger partial charge in [-0.3, -0.25) is 4.79 Å². The van der Waals surface area contributed by atoms with Crippen LogP contribution in [-0.2, 0) is 12.8 Å². The van der Waals surface area contributed by atoms with Gasteiger partial charge in [-0.05, 0) is 32.3 Å². The van der Waals surface area contributed by atoms with Gasteiger partial charge in [0.15, 0.2) is 0 Å². The van der Waals surface area contributed by atoms with E-state index in [0.29, 0.717) is 0 Å². The maximum atomic E-state index is 12.4. The van der Waals surface area contributed by atoms with E-state index in [1.165, 1.54) is 16.9 Å². The highest BCUT2D eigenvalue weighted by Gasteiger charge is 2.24. The van der Waals surface area contributed by atoms with Crippen LogP contribution in [0, 0.1) is 13.8 Å². The second kappa shape index (κ2) is 3.77. The summed E-state index contributed by atoms with van der Waals surface area (Å²) in [4.78, 5) is 17.7. The molecule has 2 nitrogen and oxygen atoms in total. The highest BCUT2D eigenvalue weighted by molar-refractivity contribution is 7.14. The summed E-state index contributed by atoms with van der Waals surface area (Å²) in [6, 6.07) is 6.09. The van der Waals surface area contributed by atoms with E-state index >= 15 is 0 Å². The van der Waals surface area contributed by atoms with Crippen molar-refractivity contribution in [3.05, 3.63) is 50.5 Å². The van der Waals surface area contributed by atoms with E-state index in [4.69, 9.17) is 0 Å². The molecule has 0 unspecified atom stereocenters. The van der Waals surface area contributed by atoms with Gasteiger partial charge in [-0.2, -0.15) is 0 Å². The van der Waals surface area contributed by atoms with Crippen molar-refractivity contribution in [2.75, 3.05) is 0 Å². The molecule has 3 heteroatoms.